The lowest BCUT2D eigenvalue weighted by atomic mass is 10.2. The molecule has 1 aliphatic carbocycles. The summed E-state index contributed by atoms with van der Waals surface area (Å²) in [5.74, 6) is 1.01. The summed E-state index contributed by atoms with van der Waals surface area (Å²) in [4.78, 5) is 17.5. The van der Waals surface area contributed by atoms with Crippen molar-refractivity contribution in [2.75, 3.05) is 14.1 Å². The summed E-state index contributed by atoms with van der Waals surface area (Å²) in [6, 6.07) is 9.79. The summed E-state index contributed by atoms with van der Waals surface area (Å²) in [6.45, 7) is 0. The number of rotatable bonds is 1. The summed E-state index contributed by atoms with van der Waals surface area (Å²) in [6.07, 6.45) is 0. The molecule has 0 fully saturated rings. The van der Waals surface area contributed by atoms with Crippen molar-refractivity contribution in [3.8, 4) is 17.2 Å². The van der Waals surface area contributed by atoms with Gasteiger partial charge in [-0.2, -0.15) is 0 Å². The van der Waals surface area contributed by atoms with E-state index >= 15 is 0 Å². The SMILES string of the molecule is CN(C)C(=S)Oc1ccc2nc3ccc(=O)cc-3oc2c1. The van der Waals surface area contributed by atoms with Gasteiger partial charge in [0, 0.05) is 26.2 Å². The van der Waals surface area contributed by atoms with Crippen molar-refractivity contribution in [1.82, 2.24) is 9.88 Å². The Balaban J connectivity index is 2.09. The fourth-order valence-corrected chi connectivity index (χ4v) is 1.94. The summed E-state index contributed by atoms with van der Waals surface area (Å²) < 4.78 is 11.2. The van der Waals surface area contributed by atoms with E-state index in [0.29, 0.717) is 33.5 Å². The van der Waals surface area contributed by atoms with Crippen LogP contribution in [0, 0.1) is 0 Å². The second-order valence-corrected chi connectivity index (χ2v) is 5.08. The van der Waals surface area contributed by atoms with Crippen molar-refractivity contribution >= 4 is 28.5 Å². The minimum atomic E-state index is -0.117. The molecule has 106 valence electrons. The monoisotopic (exact) mass is 300 g/mol. The third-order valence-corrected chi connectivity index (χ3v) is 3.34. The van der Waals surface area contributed by atoms with Crippen molar-refractivity contribution in [2.45, 2.75) is 0 Å². The van der Waals surface area contributed by atoms with Crippen molar-refractivity contribution < 1.29 is 9.15 Å². The quantitative estimate of drug-likeness (QED) is 0.508. The average molecular weight is 300 g/mol. The number of ether oxygens (including phenoxy) is 1. The predicted octanol–water partition coefficient (Wildman–Crippen LogP) is 2.52. The van der Waals surface area contributed by atoms with Crippen molar-refractivity contribution in [2.24, 2.45) is 0 Å². The highest BCUT2D eigenvalue weighted by molar-refractivity contribution is 7.80. The Morgan fingerprint density at radius 2 is 2.05 bits per heavy atom. The molecule has 5 nitrogen and oxygen atoms in total. The maximum atomic E-state index is 11.4. The molecule has 0 saturated heterocycles. The van der Waals surface area contributed by atoms with E-state index in [2.05, 4.69) is 4.98 Å². The maximum Gasteiger partial charge on any atom is 0.264 e. The van der Waals surface area contributed by atoms with E-state index in [1.807, 2.05) is 0 Å². The molecule has 1 heterocycles. The van der Waals surface area contributed by atoms with Crippen LogP contribution in [0.25, 0.3) is 22.6 Å². The normalized spacial score (nSPS) is 10.8. The van der Waals surface area contributed by atoms with Crippen LogP contribution in [0.15, 0.2) is 45.6 Å². The molecule has 0 N–H and O–H groups in total. The van der Waals surface area contributed by atoms with Gasteiger partial charge in [-0.1, -0.05) is 0 Å². The van der Waals surface area contributed by atoms with Crippen molar-refractivity contribution in [3.05, 3.63) is 46.6 Å². The first-order chi connectivity index (χ1) is 10.0. The molecule has 1 aliphatic heterocycles. The minimum Gasteiger partial charge on any atom is -0.453 e. The van der Waals surface area contributed by atoms with Crippen LogP contribution in [-0.2, 0) is 0 Å². The molecular weight excluding hydrogens is 288 g/mol. The van der Waals surface area contributed by atoms with Crippen molar-refractivity contribution in [3.63, 3.8) is 0 Å². The molecule has 1 aromatic carbocycles. The molecule has 0 aromatic heterocycles. The lowest BCUT2D eigenvalue weighted by Crippen LogP contribution is -2.24. The largest absolute Gasteiger partial charge is 0.453 e. The first-order valence-electron chi connectivity index (χ1n) is 6.27. The van der Waals surface area contributed by atoms with Crippen LogP contribution in [0.5, 0.6) is 5.75 Å². The van der Waals surface area contributed by atoms with E-state index in [0.717, 1.165) is 0 Å². The lowest BCUT2D eigenvalue weighted by Gasteiger charge is -2.14. The predicted molar refractivity (Wildman–Crippen MR) is 83.8 cm³/mol. The first kappa shape index (κ1) is 13.5. The Kier molecular flexibility index (Phi) is 3.31. The second-order valence-electron chi connectivity index (χ2n) is 4.74. The van der Waals surface area contributed by atoms with Crippen LogP contribution in [0.4, 0.5) is 0 Å². The fraction of sp³-hybridized carbons (Fsp3) is 0.133. The molecule has 0 radical (unpaired) electrons. The number of benzene rings is 2. The van der Waals surface area contributed by atoms with Crippen LogP contribution in [0.1, 0.15) is 0 Å². The summed E-state index contributed by atoms with van der Waals surface area (Å²) in [5.41, 5.74) is 1.74. The van der Waals surface area contributed by atoms with Gasteiger partial charge in [0.15, 0.2) is 16.8 Å². The third kappa shape index (κ3) is 2.71. The Morgan fingerprint density at radius 3 is 2.81 bits per heavy atom. The molecule has 3 rings (SSSR count). The van der Waals surface area contributed by atoms with E-state index in [1.54, 1.807) is 43.3 Å². The average Bonchev–Trinajstić information content (AvgIpc) is 2.45. The summed E-state index contributed by atoms with van der Waals surface area (Å²) in [7, 11) is 3.61. The summed E-state index contributed by atoms with van der Waals surface area (Å²) in [5, 5.41) is 0.352. The van der Waals surface area contributed by atoms with Gasteiger partial charge in [-0.15, -0.1) is 0 Å². The van der Waals surface area contributed by atoms with Gasteiger partial charge in [-0.3, -0.25) is 4.79 Å². The minimum absolute atomic E-state index is 0.117. The van der Waals surface area contributed by atoms with Gasteiger partial charge < -0.3 is 14.1 Å². The standard InChI is InChI=1S/C15H12N2O3S/c1-17(2)15(21)19-10-4-6-12-14(8-10)20-13-7-9(18)3-5-11(13)16-12/h3-8H,1-2H3. The summed E-state index contributed by atoms with van der Waals surface area (Å²) >= 11 is 5.09. The van der Waals surface area contributed by atoms with Crippen LogP contribution >= 0.6 is 12.2 Å². The van der Waals surface area contributed by atoms with Gasteiger partial charge in [0.05, 0.1) is 0 Å². The van der Waals surface area contributed by atoms with Crippen molar-refractivity contribution in [1.29, 1.82) is 0 Å². The van der Waals surface area contributed by atoms with Gasteiger partial charge in [-0.05, 0) is 36.5 Å². The Labute approximate surface area is 126 Å². The van der Waals surface area contributed by atoms with E-state index in [9.17, 15) is 4.79 Å². The lowest BCUT2D eigenvalue weighted by molar-refractivity contribution is 0.449. The number of nitrogens with zero attached hydrogens (tertiary/aromatic N) is 2. The topological polar surface area (TPSA) is 55.6 Å². The highest BCUT2D eigenvalue weighted by atomic mass is 32.1. The van der Waals surface area contributed by atoms with E-state index in [4.69, 9.17) is 21.4 Å². The Bertz CT molecular complexity index is 857. The zero-order valence-electron chi connectivity index (χ0n) is 11.5. The zero-order chi connectivity index (χ0) is 15.0. The Morgan fingerprint density at radius 1 is 1.24 bits per heavy atom. The second kappa shape index (κ2) is 5.14. The Hall–Kier alpha value is -2.47. The van der Waals surface area contributed by atoms with Crippen LogP contribution < -0.4 is 10.2 Å². The molecular formula is C15H12N2O3S. The van der Waals surface area contributed by atoms with Gasteiger partial charge in [-0.25, -0.2) is 4.98 Å². The van der Waals surface area contributed by atoms with Gasteiger partial charge >= 0.3 is 0 Å². The number of hydrogen-bond donors (Lipinski definition) is 0. The maximum absolute atomic E-state index is 11.4. The zero-order valence-corrected chi connectivity index (χ0v) is 12.3. The molecule has 21 heavy (non-hydrogen) atoms. The van der Waals surface area contributed by atoms with E-state index < -0.39 is 0 Å². The highest BCUT2D eigenvalue weighted by Gasteiger charge is 2.10. The molecule has 0 amide bonds. The van der Waals surface area contributed by atoms with Gasteiger partial charge in [0.2, 0.25) is 0 Å². The molecule has 1 aromatic rings. The molecule has 2 aliphatic rings. The van der Waals surface area contributed by atoms with E-state index in [1.165, 1.54) is 12.1 Å². The number of aromatic nitrogens is 1. The van der Waals surface area contributed by atoms with Crippen LogP contribution in [0.3, 0.4) is 0 Å². The first-order valence-corrected chi connectivity index (χ1v) is 6.67. The molecule has 6 heteroatoms. The third-order valence-electron chi connectivity index (χ3n) is 2.89. The van der Waals surface area contributed by atoms with Crippen LogP contribution in [-0.4, -0.2) is 29.2 Å². The number of thiocarbonyl (C=S) groups is 1. The fourth-order valence-electron chi connectivity index (χ4n) is 1.84. The van der Waals surface area contributed by atoms with Gasteiger partial charge in [0.25, 0.3) is 5.17 Å². The molecule has 0 bridgehead atoms. The molecule has 0 unspecified atom stereocenters. The molecule has 0 saturated carbocycles. The van der Waals surface area contributed by atoms with Gasteiger partial charge in [0.1, 0.15) is 17.0 Å². The molecule has 0 atom stereocenters. The van der Waals surface area contributed by atoms with E-state index in [-0.39, 0.29) is 5.43 Å². The van der Waals surface area contributed by atoms with Crippen LogP contribution in [0.2, 0.25) is 0 Å². The highest BCUT2D eigenvalue weighted by Crippen LogP contribution is 2.26. The smallest absolute Gasteiger partial charge is 0.264 e. The number of fused-ring (bicyclic) bond motifs is 2. The molecule has 0 spiro atoms. The number of hydrogen-bond acceptors (Lipinski definition) is 5.